The summed E-state index contributed by atoms with van der Waals surface area (Å²) in [7, 11) is 0. The van der Waals surface area contributed by atoms with Crippen molar-refractivity contribution in [2.45, 2.75) is 53.4 Å². The molecule has 0 bridgehead atoms. The van der Waals surface area contributed by atoms with Crippen LogP contribution in [0.15, 0.2) is 64.5 Å². The van der Waals surface area contributed by atoms with E-state index in [0.717, 1.165) is 65.0 Å². The number of rotatable bonds is 2. The summed E-state index contributed by atoms with van der Waals surface area (Å²) in [5, 5.41) is 0. The number of fused-ring (bicyclic) bond motifs is 2. The number of aryl methyl sites for hydroxylation is 1. The highest BCUT2D eigenvalue weighted by Crippen LogP contribution is 2.33. The van der Waals surface area contributed by atoms with Gasteiger partial charge in [0.05, 0.1) is 5.70 Å². The Balaban J connectivity index is 1.43. The Morgan fingerprint density at radius 1 is 1.03 bits per heavy atom. The second-order valence-corrected chi connectivity index (χ2v) is 10.2. The molecule has 5 heteroatoms. The van der Waals surface area contributed by atoms with Crippen molar-refractivity contribution in [3.8, 4) is 0 Å². The maximum absolute atomic E-state index is 13.5. The Hall–Kier alpha value is -3.08. The molecule has 1 aromatic carbocycles. The second-order valence-electron chi connectivity index (χ2n) is 10.2. The van der Waals surface area contributed by atoms with Crippen molar-refractivity contribution < 1.29 is 9.21 Å². The molecule has 5 rings (SSSR count). The highest BCUT2D eigenvalue weighted by Gasteiger charge is 2.25. The van der Waals surface area contributed by atoms with Crippen LogP contribution in [0.1, 0.15) is 57.9 Å². The molecule has 0 aliphatic carbocycles. The maximum Gasteiger partial charge on any atom is 0.255 e. The van der Waals surface area contributed by atoms with Gasteiger partial charge in [0.1, 0.15) is 5.52 Å². The smallest absolute Gasteiger partial charge is 0.255 e. The van der Waals surface area contributed by atoms with Crippen LogP contribution in [0, 0.1) is 24.7 Å². The van der Waals surface area contributed by atoms with E-state index in [-0.39, 0.29) is 11.8 Å². The predicted octanol–water partition coefficient (Wildman–Crippen LogP) is 6.44. The number of benzene rings is 1. The van der Waals surface area contributed by atoms with Gasteiger partial charge in [-0.3, -0.25) is 9.69 Å². The van der Waals surface area contributed by atoms with Gasteiger partial charge in [-0.2, -0.15) is 0 Å². The van der Waals surface area contributed by atoms with Crippen molar-refractivity contribution in [1.29, 1.82) is 0 Å². The lowest BCUT2D eigenvalue weighted by atomic mass is 9.87. The summed E-state index contributed by atoms with van der Waals surface area (Å²) in [6, 6.07) is 6.04. The quantitative estimate of drug-likeness (QED) is 0.521. The molecule has 0 radical (unpaired) electrons. The molecule has 0 saturated carbocycles. The molecule has 0 N–H and O–H groups in total. The number of aromatic nitrogens is 1. The number of hydrogen-bond donors (Lipinski definition) is 0. The third-order valence-electron chi connectivity index (χ3n) is 7.80. The molecule has 1 fully saturated rings. The molecular formula is C29H35N3O2. The molecule has 0 spiro atoms. The van der Waals surface area contributed by atoms with Gasteiger partial charge < -0.3 is 9.32 Å². The van der Waals surface area contributed by atoms with E-state index < -0.39 is 0 Å². The van der Waals surface area contributed by atoms with Crippen molar-refractivity contribution in [1.82, 2.24) is 14.8 Å². The Bertz CT molecular complexity index is 1220. The minimum atomic E-state index is -0.00229. The fourth-order valence-corrected chi connectivity index (χ4v) is 5.30. The van der Waals surface area contributed by atoms with E-state index in [0.29, 0.717) is 5.89 Å². The van der Waals surface area contributed by atoms with Gasteiger partial charge >= 0.3 is 0 Å². The van der Waals surface area contributed by atoms with E-state index in [1.165, 1.54) is 19.3 Å². The van der Waals surface area contributed by atoms with E-state index >= 15 is 0 Å². The lowest BCUT2D eigenvalue weighted by molar-refractivity contribution is -0.122. The molecule has 3 aliphatic rings. The van der Waals surface area contributed by atoms with Gasteiger partial charge in [-0.15, -0.1) is 0 Å². The Morgan fingerprint density at radius 3 is 2.68 bits per heavy atom. The first-order valence-corrected chi connectivity index (χ1v) is 12.7. The normalized spacial score (nSPS) is 26.2. The van der Waals surface area contributed by atoms with Gasteiger partial charge in [0, 0.05) is 38.0 Å². The van der Waals surface area contributed by atoms with Crippen molar-refractivity contribution in [2.24, 2.45) is 17.8 Å². The SMILES string of the molecule is Cc1nc2ccc(C3=CC(=O)N4C=C(N5CCCC(C)C(C)CC5)C=CC4=CCC3C)cc2o1. The molecule has 1 aromatic heterocycles. The fourth-order valence-electron chi connectivity index (χ4n) is 5.30. The second kappa shape index (κ2) is 9.28. The Morgan fingerprint density at radius 2 is 1.82 bits per heavy atom. The van der Waals surface area contributed by atoms with Crippen molar-refractivity contribution in [3.63, 3.8) is 0 Å². The summed E-state index contributed by atoms with van der Waals surface area (Å²) >= 11 is 0. The van der Waals surface area contributed by atoms with Gasteiger partial charge in [-0.1, -0.05) is 32.9 Å². The topological polar surface area (TPSA) is 49.6 Å². The van der Waals surface area contributed by atoms with Crippen molar-refractivity contribution in [2.75, 3.05) is 13.1 Å². The number of carbonyl (C=O) groups is 1. The first-order chi connectivity index (χ1) is 16.4. The largest absolute Gasteiger partial charge is 0.441 e. The highest BCUT2D eigenvalue weighted by molar-refractivity contribution is 5.98. The van der Waals surface area contributed by atoms with E-state index in [9.17, 15) is 4.79 Å². The van der Waals surface area contributed by atoms with E-state index in [2.05, 4.69) is 48.9 Å². The zero-order chi connectivity index (χ0) is 23.8. The molecule has 34 heavy (non-hydrogen) atoms. The third kappa shape index (κ3) is 4.48. The molecule has 2 aromatic rings. The first kappa shape index (κ1) is 22.7. The zero-order valence-electron chi connectivity index (χ0n) is 20.8. The summed E-state index contributed by atoms with van der Waals surface area (Å²) in [4.78, 5) is 22.2. The molecule has 178 valence electrons. The molecule has 3 aliphatic heterocycles. The Kier molecular flexibility index (Phi) is 6.20. The number of oxazole rings is 1. The third-order valence-corrected chi connectivity index (χ3v) is 7.80. The lowest BCUT2D eigenvalue weighted by Gasteiger charge is -2.35. The predicted molar refractivity (Wildman–Crippen MR) is 136 cm³/mol. The minimum absolute atomic E-state index is 0.00229. The zero-order valence-corrected chi connectivity index (χ0v) is 20.8. The average Bonchev–Trinajstić information content (AvgIpc) is 3.20. The summed E-state index contributed by atoms with van der Waals surface area (Å²) in [6.45, 7) is 10.9. The summed E-state index contributed by atoms with van der Waals surface area (Å²) in [5.74, 6) is 2.39. The molecular weight excluding hydrogens is 422 g/mol. The van der Waals surface area contributed by atoms with E-state index in [1.807, 2.05) is 42.3 Å². The molecule has 3 unspecified atom stereocenters. The van der Waals surface area contributed by atoms with Crippen LogP contribution in [0.2, 0.25) is 0 Å². The Labute approximate surface area is 202 Å². The van der Waals surface area contributed by atoms with Crippen LogP contribution in [0.4, 0.5) is 0 Å². The van der Waals surface area contributed by atoms with Crippen LogP contribution < -0.4 is 0 Å². The van der Waals surface area contributed by atoms with Gasteiger partial charge in [-0.25, -0.2) is 4.98 Å². The number of allylic oxidation sites excluding steroid dienone is 4. The van der Waals surface area contributed by atoms with Crippen LogP contribution >= 0.6 is 0 Å². The molecule has 4 heterocycles. The van der Waals surface area contributed by atoms with E-state index in [4.69, 9.17) is 4.42 Å². The summed E-state index contributed by atoms with van der Waals surface area (Å²) in [5.41, 5.74) is 5.76. The van der Waals surface area contributed by atoms with Crippen LogP contribution in [-0.4, -0.2) is 33.8 Å². The van der Waals surface area contributed by atoms with Gasteiger partial charge in [-0.05, 0) is 78.9 Å². The van der Waals surface area contributed by atoms with Crippen LogP contribution in [0.3, 0.4) is 0 Å². The summed E-state index contributed by atoms with van der Waals surface area (Å²) in [6.07, 6.45) is 14.8. The molecule has 5 nitrogen and oxygen atoms in total. The van der Waals surface area contributed by atoms with Crippen molar-refractivity contribution >= 4 is 22.6 Å². The lowest BCUT2D eigenvalue weighted by Crippen LogP contribution is -2.34. The van der Waals surface area contributed by atoms with Crippen molar-refractivity contribution in [3.05, 3.63) is 71.6 Å². The summed E-state index contributed by atoms with van der Waals surface area (Å²) < 4.78 is 5.75. The maximum atomic E-state index is 13.5. The molecule has 1 amide bonds. The minimum Gasteiger partial charge on any atom is -0.441 e. The van der Waals surface area contributed by atoms with E-state index in [1.54, 1.807) is 0 Å². The highest BCUT2D eigenvalue weighted by atomic mass is 16.3. The van der Waals surface area contributed by atoms with Gasteiger partial charge in [0.25, 0.3) is 5.91 Å². The number of likely N-dealkylation sites (tertiary alicyclic amines) is 1. The van der Waals surface area contributed by atoms with Crippen LogP contribution in [0.5, 0.6) is 0 Å². The van der Waals surface area contributed by atoms with Crippen LogP contribution in [-0.2, 0) is 4.79 Å². The molecule has 3 atom stereocenters. The number of carbonyl (C=O) groups excluding carboxylic acids is 1. The number of nitrogens with zero attached hydrogens (tertiary/aromatic N) is 3. The number of hydrogen-bond acceptors (Lipinski definition) is 4. The standard InChI is InChI=1S/C29H35N3O2/c1-19-6-5-14-31(15-13-20(19)2)25-11-10-24-9-7-21(3)26(17-29(33)32(24)18-25)23-8-12-27-28(16-23)34-22(4)30-27/h8-12,16-21H,5-7,13-15H2,1-4H3. The van der Waals surface area contributed by atoms with Gasteiger partial charge in [0.15, 0.2) is 11.5 Å². The number of amides is 1. The van der Waals surface area contributed by atoms with Crippen LogP contribution in [0.25, 0.3) is 16.7 Å². The molecule has 1 saturated heterocycles. The average molecular weight is 458 g/mol. The monoisotopic (exact) mass is 457 g/mol. The van der Waals surface area contributed by atoms with Gasteiger partial charge in [0.2, 0.25) is 0 Å². The fraction of sp³-hybridized carbons (Fsp3) is 0.448. The first-order valence-electron chi connectivity index (χ1n) is 12.7.